The van der Waals surface area contributed by atoms with E-state index in [4.69, 9.17) is 4.74 Å². The Bertz CT molecular complexity index is 775. The summed E-state index contributed by atoms with van der Waals surface area (Å²) in [6.07, 6.45) is -3.63. The molecule has 138 valence electrons. The Labute approximate surface area is 149 Å². The van der Waals surface area contributed by atoms with E-state index in [1.807, 2.05) is 24.3 Å². The minimum atomic E-state index is -4.44. The van der Waals surface area contributed by atoms with Crippen LogP contribution >= 0.6 is 0 Å². The van der Waals surface area contributed by atoms with Crippen molar-refractivity contribution in [2.24, 2.45) is 0 Å². The molecule has 1 aliphatic rings. The molecule has 2 amide bonds. The van der Waals surface area contributed by atoms with Crippen molar-refractivity contribution in [3.05, 3.63) is 59.7 Å². The number of alkyl halides is 3. The van der Waals surface area contributed by atoms with Gasteiger partial charge in [-0.3, -0.25) is 0 Å². The van der Waals surface area contributed by atoms with E-state index in [-0.39, 0.29) is 17.6 Å². The number of anilines is 1. The average molecular weight is 364 g/mol. The zero-order valence-electron chi connectivity index (χ0n) is 14.2. The fourth-order valence-corrected chi connectivity index (χ4v) is 3.07. The molecule has 1 atom stereocenters. The number of nitrogens with one attached hydrogen (secondary N) is 1. The van der Waals surface area contributed by atoms with Crippen LogP contribution in [0.15, 0.2) is 48.5 Å². The predicted octanol–water partition coefficient (Wildman–Crippen LogP) is 4.74. The molecule has 3 rings (SSSR count). The standard InChI is InChI=1S/C19H19F3N2O2/c1-26-17-7-5-13(6-8-17)14-9-10-24(12-14)18(25)23-16-4-2-3-15(11-16)19(20,21)22/h2-8,11,14H,9-10,12H2,1H3,(H,23,25). The van der Waals surface area contributed by atoms with Crippen molar-refractivity contribution in [2.75, 3.05) is 25.5 Å². The van der Waals surface area contributed by atoms with E-state index in [0.29, 0.717) is 13.1 Å². The van der Waals surface area contributed by atoms with Crippen LogP contribution in [-0.2, 0) is 6.18 Å². The van der Waals surface area contributed by atoms with E-state index >= 15 is 0 Å². The number of hydrogen-bond donors (Lipinski definition) is 1. The second kappa shape index (κ2) is 7.27. The van der Waals surface area contributed by atoms with E-state index in [1.54, 1.807) is 12.0 Å². The topological polar surface area (TPSA) is 41.6 Å². The molecule has 0 spiro atoms. The molecule has 4 nitrogen and oxygen atoms in total. The highest BCUT2D eigenvalue weighted by Crippen LogP contribution is 2.31. The molecule has 1 saturated heterocycles. The molecule has 1 unspecified atom stereocenters. The number of hydrogen-bond acceptors (Lipinski definition) is 2. The van der Waals surface area contributed by atoms with Crippen LogP contribution in [0.25, 0.3) is 0 Å². The van der Waals surface area contributed by atoms with Gasteiger partial charge in [-0.25, -0.2) is 4.79 Å². The van der Waals surface area contributed by atoms with Crippen LogP contribution in [0, 0.1) is 0 Å². The fourth-order valence-electron chi connectivity index (χ4n) is 3.07. The number of amides is 2. The normalized spacial score (nSPS) is 17.2. The summed E-state index contributed by atoms with van der Waals surface area (Å²) < 4.78 is 43.4. The number of methoxy groups -OCH3 is 1. The molecular weight excluding hydrogens is 345 g/mol. The minimum absolute atomic E-state index is 0.137. The highest BCUT2D eigenvalue weighted by molar-refractivity contribution is 5.89. The highest BCUT2D eigenvalue weighted by atomic mass is 19.4. The largest absolute Gasteiger partial charge is 0.497 e. The average Bonchev–Trinajstić information content (AvgIpc) is 3.11. The molecule has 0 aromatic heterocycles. The fraction of sp³-hybridized carbons (Fsp3) is 0.316. The van der Waals surface area contributed by atoms with Gasteiger partial charge in [0.05, 0.1) is 12.7 Å². The first-order valence-electron chi connectivity index (χ1n) is 8.24. The molecule has 1 N–H and O–H groups in total. The number of carbonyl (C=O) groups excluding carboxylic acids is 1. The van der Waals surface area contributed by atoms with Crippen LogP contribution < -0.4 is 10.1 Å². The Kier molecular flexibility index (Phi) is 5.06. The lowest BCUT2D eigenvalue weighted by atomic mass is 9.98. The van der Waals surface area contributed by atoms with Crippen LogP contribution in [0.2, 0.25) is 0 Å². The maximum Gasteiger partial charge on any atom is 0.416 e. The van der Waals surface area contributed by atoms with Gasteiger partial charge in [0, 0.05) is 24.7 Å². The van der Waals surface area contributed by atoms with Crippen LogP contribution in [0.4, 0.5) is 23.7 Å². The van der Waals surface area contributed by atoms with E-state index in [1.165, 1.54) is 12.1 Å². The van der Waals surface area contributed by atoms with Gasteiger partial charge in [0.2, 0.25) is 0 Å². The van der Waals surface area contributed by atoms with Crippen LogP contribution in [-0.4, -0.2) is 31.1 Å². The van der Waals surface area contributed by atoms with Crippen molar-refractivity contribution in [3.8, 4) is 5.75 Å². The van der Waals surface area contributed by atoms with Crippen molar-refractivity contribution >= 4 is 11.7 Å². The number of ether oxygens (including phenoxy) is 1. The second-order valence-electron chi connectivity index (χ2n) is 6.21. The first-order valence-corrected chi connectivity index (χ1v) is 8.24. The number of nitrogens with zero attached hydrogens (tertiary/aromatic N) is 1. The lowest BCUT2D eigenvalue weighted by Gasteiger charge is -2.18. The third-order valence-corrected chi connectivity index (χ3v) is 4.50. The first-order chi connectivity index (χ1) is 12.4. The van der Waals surface area contributed by atoms with Crippen molar-refractivity contribution in [3.63, 3.8) is 0 Å². The Morgan fingerprint density at radius 1 is 1.19 bits per heavy atom. The summed E-state index contributed by atoms with van der Waals surface area (Å²) in [6.45, 7) is 1.08. The van der Waals surface area contributed by atoms with Gasteiger partial charge in [0.1, 0.15) is 5.75 Å². The molecule has 7 heteroatoms. The molecule has 26 heavy (non-hydrogen) atoms. The highest BCUT2D eigenvalue weighted by Gasteiger charge is 2.31. The first kappa shape index (κ1) is 18.1. The van der Waals surface area contributed by atoms with E-state index in [2.05, 4.69) is 5.32 Å². The second-order valence-corrected chi connectivity index (χ2v) is 6.21. The summed E-state index contributed by atoms with van der Waals surface area (Å²) in [5.74, 6) is 0.971. The van der Waals surface area contributed by atoms with Crippen LogP contribution in [0.1, 0.15) is 23.5 Å². The SMILES string of the molecule is COc1ccc(C2CCN(C(=O)Nc3cccc(C(F)(F)F)c3)C2)cc1. The number of carbonyl (C=O) groups is 1. The zero-order valence-corrected chi connectivity index (χ0v) is 14.2. The van der Waals surface area contributed by atoms with E-state index in [9.17, 15) is 18.0 Å². The van der Waals surface area contributed by atoms with Gasteiger partial charge < -0.3 is 15.0 Å². The molecule has 0 radical (unpaired) electrons. The summed E-state index contributed by atoms with van der Waals surface area (Å²) in [5, 5.41) is 2.55. The molecule has 2 aromatic rings. The number of benzene rings is 2. The van der Waals surface area contributed by atoms with Gasteiger partial charge in [-0.1, -0.05) is 18.2 Å². The third-order valence-electron chi connectivity index (χ3n) is 4.50. The summed E-state index contributed by atoms with van der Waals surface area (Å²) in [6, 6.07) is 11.9. The smallest absolute Gasteiger partial charge is 0.416 e. The van der Waals surface area contributed by atoms with Gasteiger partial charge in [-0.05, 0) is 42.3 Å². The Hall–Kier alpha value is -2.70. The monoisotopic (exact) mass is 364 g/mol. The lowest BCUT2D eigenvalue weighted by molar-refractivity contribution is -0.137. The van der Waals surface area contributed by atoms with Gasteiger partial charge in [-0.15, -0.1) is 0 Å². The lowest BCUT2D eigenvalue weighted by Crippen LogP contribution is -2.32. The summed E-state index contributed by atoms with van der Waals surface area (Å²) in [7, 11) is 1.60. The molecule has 1 fully saturated rings. The maximum absolute atomic E-state index is 12.8. The minimum Gasteiger partial charge on any atom is -0.497 e. The van der Waals surface area contributed by atoms with E-state index < -0.39 is 11.7 Å². The molecule has 0 bridgehead atoms. The number of urea groups is 1. The predicted molar refractivity (Wildman–Crippen MR) is 92.4 cm³/mol. The van der Waals surface area contributed by atoms with Crippen LogP contribution in [0.3, 0.4) is 0 Å². The van der Waals surface area contributed by atoms with Gasteiger partial charge >= 0.3 is 12.2 Å². The maximum atomic E-state index is 12.8. The van der Waals surface area contributed by atoms with Crippen molar-refractivity contribution in [1.82, 2.24) is 4.90 Å². The number of halogens is 3. The Balaban J connectivity index is 1.62. The van der Waals surface area contributed by atoms with Gasteiger partial charge in [0.15, 0.2) is 0 Å². The van der Waals surface area contributed by atoms with Crippen molar-refractivity contribution < 1.29 is 22.7 Å². The third kappa shape index (κ3) is 4.09. The van der Waals surface area contributed by atoms with Gasteiger partial charge in [0.25, 0.3) is 0 Å². The molecule has 1 heterocycles. The summed E-state index contributed by atoms with van der Waals surface area (Å²) in [4.78, 5) is 14.0. The molecular formula is C19H19F3N2O2. The Morgan fingerprint density at radius 2 is 1.92 bits per heavy atom. The number of rotatable bonds is 3. The molecule has 0 aliphatic carbocycles. The van der Waals surface area contributed by atoms with Crippen molar-refractivity contribution in [1.29, 1.82) is 0 Å². The van der Waals surface area contributed by atoms with E-state index in [0.717, 1.165) is 29.9 Å². The molecule has 0 saturated carbocycles. The van der Waals surface area contributed by atoms with Gasteiger partial charge in [-0.2, -0.15) is 13.2 Å². The van der Waals surface area contributed by atoms with Crippen molar-refractivity contribution in [2.45, 2.75) is 18.5 Å². The zero-order chi connectivity index (χ0) is 18.7. The Morgan fingerprint density at radius 3 is 2.58 bits per heavy atom. The summed E-state index contributed by atoms with van der Waals surface area (Å²) in [5.41, 5.74) is 0.464. The summed E-state index contributed by atoms with van der Waals surface area (Å²) >= 11 is 0. The number of likely N-dealkylation sites (tertiary alicyclic amines) is 1. The molecule has 2 aromatic carbocycles. The van der Waals surface area contributed by atoms with Crippen LogP contribution in [0.5, 0.6) is 5.75 Å². The molecule has 1 aliphatic heterocycles. The quantitative estimate of drug-likeness (QED) is 0.855.